The lowest BCUT2D eigenvalue weighted by Gasteiger charge is -2.29. The molecule has 1 amide bonds. The fourth-order valence-electron chi connectivity index (χ4n) is 3.48. The predicted molar refractivity (Wildman–Crippen MR) is 121 cm³/mol. The van der Waals surface area contributed by atoms with Crippen molar-refractivity contribution in [1.29, 1.82) is 0 Å². The van der Waals surface area contributed by atoms with Gasteiger partial charge in [0.1, 0.15) is 0 Å². The molecule has 0 radical (unpaired) electrons. The molecule has 8 heteroatoms. The quantitative estimate of drug-likeness (QED) is 0.475. The van der Waals surface area contributed by atoms with Crippen LogP contribution in [0.25, 0.3) is 6.08 Å². The van der Waals surface area contributed by atoms with Crippen LogP contribution in [0.1, 0.15) is 23.1 Å². The zero-order valence-electron chi connectivity index (χ0n) is 17.8. The van der Waals surface area contributed by atoms with Crippen molar-refractivity contribution in [3.63, 3.8) is 0 Å². The minimum atomic E-state index is -3.42. The van der Waals surface area contributed by atoms with Crippen LogP contribution in [0.3, 0.4) is 0 Å². The first-order chi connectivity index (χ1) is 14.9. The van der Waals surface area contributed by atoms with Gasteiger partial charge in [-0.2, -0.15) is 4.31 Å². The summed E-state index contributed by atoms with van der Waals surface area (Å²) in [6, 6.07) is 13.3. The average Bonchev–Trinajstić information content (AvgIpc) is 2.79. The van der Waals surface area contributed by atoms with E-state index in [-0.39, 0.29) is 11.7 Å². The Labute approximate surface area is 183 Å². The maximum atomic E-state index is 12.8. The van der Waals surface area contributed by atoms with Crippen molar-refractivity contribution in [3.8, 4) is 11.5 Å². The second-order valence-electron chi connectivity index (χ2n) is 7.26. The highest BCUT2D eigenvalue weighted by Gasteiger charge is 2.27. The van der Waals surface area contributed by atoms with Crippen molar-refractivity contribution in [1.82, 2.24) is 9.62 Å². The molecule has 0 spiro atoms. The number of sulfonamides is 1. The molecule has 7 nitrogen and oxygen atoms in total. The van der Waals surface area contributed by atoms with Crippen molar-refractivity contribution in [3.05, 3.63) is 65.2 Å². The number of benzene rings is 2. The molecule has 0 aromatic heterocycles. The zero-order valence-corrected chi connectivity index (χ0v) is 18.7. The van der Waals surface area contributed by atoms with E-state index in [2.05, 4.69) is 5.32 Å². The molecule has 0 bridgehead atoms. The number of amides is 1. The third kappa shape index (κ3) is 6.08. The van der Waals surface area contributed by atoms with Crippen molar-refractivity contribution in [2.24, 2.45) is 0 Å². The first kappa shape index (κ1) is 22.8. The van der Waals surface area contributed by atoms with Crippen molar-refractivity contribution in [2.75, 3.05) is 33.1 Å². The molecule has 0 fully saturated rings. The standard InChI is InChI=1S/C23H28N2O5S/c1-29-21-15-19-11-13-25(17-20(19)16-22(21)30-2)31(27,28)14-6-12-24-23(26)10-9-18-7-4-3-5-8-18/h3-5,7-10,15-16H,6,11-14,17H2,1-2H3,(H,24,26)/b10-9+. The molecule has 1 aliphatic heterocycles. The number of methoxy groups -OCH3 is 2. The van der Waals surface area contributed by atoms with Gasteiger partial charge in [0.05, 0.1) is 20.0 Å². The van der Waals surface area contributed by atoms with Gasteiger partial charge < -0.3 is 14.8 Å². The Hall–Kier alpha value is -2.84. The van der Waals surface area contributed by atoms with Crippen LogP contribution in [0.4, 0.5) is 0 Å². The maximum absolute atomic E-state index is 12.8. The van der Waals surface area contributed by atoms with Crippen LogP contribution < -0.4 is 14.8 Å². The second kappa shape index (κ2) is 10.5. The van der Waals surface area contributed by atoms with Gasteiger partial charge in [-0.05, 0) is 47.7 Å². The summed E-state index contributed by atoms with van der Waals surface area (Å²) in [6.07, 6.45) is 4.14. The Balaban J connectivity index is 1.50. The molecule has 31 heavy (non-hydrogen) atoms. The van der Waals surface area contributed by atoms with Gasteiger partial charge in [-0.3, -0.25) is 4.79 Å². The SMILES string of the molecule is COc1cc2c(cc1OC)CN(S(=O)(=O)CCCNC(=O)/C=C/c1ccccc1)CC2. The molecule has 0 saturated heterocycles. The lowest BCUT2D eigenvalue weighted by molar-refractivity contribution is -0.116. The average molecular weight is 445 g/mol. The highest BCUT2D eigenvalue weighted by molar-refractivity contribution is 7.89. The molecule has 2 aromatic carbocycles. The van der Waals surface area contributed by atoms with Gasteiger partial charge in [-0.15, -0.1) is 0 Å². The summed E-state index contributed by atoms with van der Waals surface area (Å²) in [4.78, 5) is 11.9. The molecule has 3 rings (SSSR count). The molecule has 0 unspecified atom stereocenters. The monoisotopic (exact) mass is 444 g/mol. The van der Waals surface area contributed by atoms with Gasteiger partial charge in [-0.25, -0.2) is 8.42 Å². The van der Waals surface area contributed by atoms with Gasteiger partial charge >= 0.3 is 0 Å². The highest BCUT2D eigenvalue weighted by atomic mass is 32.2. The third-order valence-corrected chi connectivity index (χ3v) is 7.08. The summed E-state index contributed by atoms with van der Waals surface area (Å²) in [5.74, 6) is 0.980. The third-order valence-electron chi connectivity index (χ3n) is 5.18. The van der Waals surface area contributed by atoms with E-state index in [0.717, 1.165) is 16.7 Å². The Morgan fingerprint density at radius 1 is 1.10 bits per heavy atom. The smallest absolute Gasteiger partial charge is 0.243 e. The molecule has 1 N–H and O–H groups in total. The molecule has 2 aromatic rings. The van der Waals surface area contributed by atoms with Crippen LogP contribution >= 0.6 is 0 Å². The lowest BCUT2D eigenvalue weighted by Crippen LogP contribution is -2.38. The Morgan fingerprint density at radius 3 is 2.45 bits per heavy atom. The van der Waals surface area contributed by atoms with Crippen LogP contribution in [0, 0.1) is 0 Å². The number of hydrogen-bond donors (Lipinski definition) is 1. The number of rotatable bonds is 9. The van der Waals surface area contributed by atoms with E-state index in [1.807, 2.05) is 42.5 Å². The van der Waals surface area contributed by atoms with Crippen molar-refractivity contribution >= 4 is 22.0 Å². The van der Waals surface area contributed by atoms with Crippen LogP contribution in [0.2, 0.25) is 0 Å². The van der Waals surface area contributed by atoms with Gasteiger partial charge in [0.2, 0.25) is 15.9 Å². The first-order valence-corrected chi connectivity index (χ1v) is 11.8. The Bertz CT molecular complexity index is 1040. The summed E-state index contributed by atoms with van der Waals surface area (Å²) in [6.45, 7) is 1.04. The van der Waals surface area contributed by atoms with E-state index < -0.39 is 10.0 Å². The molecule has 166 valence electrons. The number of ether oxygens (including phenoxy) is 2. The summed E-state index contributed by atoms with van der Waals surface area (Å²) in [5, 5.41) is 2.73. The molecular weight excluding hydrogens is 416 g/mol. The minimum absolute atomic E-state index is 0.0156. The van der Waals surface area contributed by atoms with E-state index in [4.69, 9.17) is 9.47 Å². The summed E-state index contributed by atoms with van der Waals surface area (Å²) < 4.78 is 37.7. The van der Waals surface area contributed by atoms with Gasteiger partial charge in [0.15, 0.2) is 11.5 Å². The Kier molecular flexibility index (Phi) is 7.70. The maximum Gasteiger partial charge on any atom is 0.243 e. The van der Waals surface area contributed by atoms with Crippen LogP contribution in [0.15, 0.2) is 48.5 Å². The largest absolute Gasteiger partial charge is 0.493 e. The van der Waals surface area contributed by atoms with E-state index in [1.54, 1.807) is 20.3 Å². The van der Waals surface area contributed by atoms with E-state index >= 15 is 0 Å². The number of carbonyl (C=O) groups excluding carboxylic acids is 1. The second-order valence-corrected chi connectivity index (χ2v) is 9.35. The summed E-state index contributed by atoms with van der Waals surface area (Å²) in [5.41, 5.74) is 2.92. The zero-order chi connectivity index (χ0) is 22.3. The minimum Gasteiger partial charge on any atom is -0.493 e. The predicted octanol–water partition coefficient (Wildman–Crippen LogP) is 2.61. The molecular formula is C23H28N2O5S. The van der Waals surface area contributed by atoms with Crippen molar-refractivity contribution < 1.29 is 22.7 Å². The van der Waals surface area contributed by atoms with Crippen molar-refractivity contribution in [2.45, 2.75) is 19.4 Å². The van der Waals surface area contributed by atoms with Crippen LogP contribution in [-0.2, 0) is 27.8 Å². The molecule has 1 aliphatic rings. The fourth-order valence-corrected chi connectivity index (χ4v) is 4.96. The van der Waals surface area contributed by atoms with Gasteiger partial charge in [0, 0.05) is 25.7 Å². The summed E-state index contributed by atoms with van der Waals surface area (Å²) >= 11 is 0. The Morgan fingerprint density at radius 2 is 1.77 bits per heavy atom. The number of nitrogens with zero attached hydrogens (tertiary/aromatic N) is 1. The number of fused-ring (bicyclic) bond motifs is 1. The van der Waals surface area contributed by atoms with Crippen LogP contribution in [-0.4, -0.2) is 51.7 Å². The van der Waals surface area contributed by atoms with E-state index in [9.17, 15) is 13.2 Å². The van der Waals surface area contributed by atoms with E-state index in [1.165, 1.54) is 10.4 Å². The number of carbonyl (C=O) groups is 1. The molecule has 0 atom stereocenters. The number of nitrogens with one attached hydrogen (secondary N) is 1. The molecule has 1 heterocycles. The lowest BCUT2D eigenvalue weighted by atomic mass is 10.0. The normalized spacial score (nSPS) is 14.3. The molecule has 0 saturated carbocycles. The fraction of sp³-hybridized carbons (Fsp3) is 0.348. The topological polar surface area (TPSA) is 84.9 Å². The first-order valence-electron chi connectivity index (χ1n) is 10.2. The van der Waals surface area contributed by atoms with Crippen LogP contribution in [0.5, 0.6) is 11.5 Å². The molecule has 0 aliphatic carbocycles. The highest BCUT2D eigenvalue weighted by Crippen LogP contribution is 2.33. The van der Waals surface area contributed by atoms with E-state index in [0.29, 0.717) is 44.0 Å². The van der Waals surface area contributed by atoms with Gasteiger partial charge in [-0.1, -0.05) is 30.3 Å². The number of hydrogen-bond acceptors (Lipinski definition) is 5. The summed E-state index contributed by atoms with van der Waals surface area (Å²) in [7, 11) is -0.279. The van der Waals surface area contributed by atoms with Gasteiger partial charge in [0.25, 0.3) is 0 Å².